The number of Topliss-reactive ketones (excluding diaryl/α,β-unsaturated/α-hetero) is 1. The molecule has 47 heavy (non-hydrogen) atoms. The lowest BCUT2D eigenvalue weighted by Gasteiger charge is -2.30. The highest BCUT2D eigenvalue weighted by Gasteiger charge is 2.33. The third kappa shape index (κ3) is 12.2. The van der Waals surface area contributed by atoms with Crippen LogP contribution in [-0.2, 0) is 28.6 Å². The predicted molar refractivity (Wildman–Crippen MR) is 180 cm³/mol. The van der Waals surface area contributed by atoms with Gasteiger partial charge in [0.15, 0.2) is 6.10 Å². The van der Waals surface area contributed by atoms with E-state index in [0.29, 0.717) is 18.5 Å². The van der Waals surface area contributed by atoms with Crippen molar-refractivity contribution in [1.29, 1.82) is 0 Å². The molecule has 12 nitrogen and oxygen atoms in total. The van der Waals surface area contributed by atoms with Crippen molar-refractivity contribution in [3.8, 4) is 0 Å². The van der Waals surface area contributed by atoms with Gasteiger partial charge in [0.05, 0.1) is 23.6 Å². The van der Waals surface area contributed by atoms with Crippen molar-refractivity contribution in [2.24, 2.45) is 17.6 Å². The Kier molecular flexibility index (Phi) is 16.8. The molecular weight excluding hydrogens is 604 g/mol. The summed E-state index contributed by atoms with van der Waals surface area (Å²) in [6, 6.07) is 0. The van der Waals surface area contributed by atoms with E-state index in [9.17, 15) is 24.3 Å². The van der Waals surface area contributed by atoms with Gasteiger partial charge in [-0.2, -0.15) is 0 Å². The van der Waals surface area contributed by atoms with Gasteiger partial charge in [-0.1, -0.05) is 51.0 Å². The lowest BCUT2D eigenvalue weighted by Crippen LogP contribution is -2.38. The molecule has 0 radical (unpaired) electrons. The van der Waals surface area contributed by atoms with Crippen molar-refractivity contribution in [2.75, 3.05) is 34.4 Å². The van der Waals surface area contributed by atoms with Crippen LogP contribution in [0.3, 0.4) is 0 Å². The van der Waals surface area contributed by atoms with Gasteiger partial charge in [-0.25, -0.2) is 4.79 Å². The number of primary amides is 1. The van der Waals surface area contributed by atoms with Crippen LogP contribution in [-0.4, -0.2) is 87.4 Å². The molecule has 0 spiro atoms. The molecule has 2 aliphatic rings. The standard InChI is InChI=1S/C35H54N4O8/c1-21-17-25-30(38-16-11-9-8-10-15-37-5)27(40)20-26(32(25)42)39-34(43)22(2)13-12-14-28(45-6)33(47-35(36)44)24(4)19-23(3)31(41)29(18-21)46-7/h12-14,19-21,23,28-29,31,33,37-38,41H,8-11,15-18H2,1-7H3,(H2,36,44)(H,39,43)/b14-12-,22-13+,24-19+/t21-,23+,28?,29?,31?,33?/m1/s1. The largest absolute Gasteiger partial charge is 0.439 e. The van der Waals surface area contributed by atoms with E-state index in [0.717, 1.165) is 32.2 Å². The Morgan fingerprint density at radius 1 is 1.06 bits per heavy atom. The first kappa shape index (κ1) is 39.6. The maximum Gasteiger partial charge on any atom is 0.405 e. The zero-order chi connectivity index (χ0) is 35.1. The summed E-state index contributed by atoms with van der Waals surface area (Å²) in [6.45, 7) is 8.53. The number of unbranched alkanes of at least 4 members (excludes halogenated alkanes) is 3. The number of carbonyl (C=O) groups excluding carboxylic acids is 4. The first-order valence-corrected chi connectivity index (χ1v) is 16.3. The zero-order valence-electron chi connectivity index (χ0n) is 28.9. The number of amides is 2. The first-order chi connectivity index (χ1) is 22.3. The number of rotatable bonds is 11. The third-order valence-corrected chi connectivity index (χ3v) is 8.45. The predicted octanol–water partition coefficient (Wildman–Crippen LogP) is 3.13. The SMILES string of the molecule is CNCCCCCCNC1=C2C[C@@H](C)CC(OC)C(O)[C@@H](C)/C=C(\C)C(OC(N)=O)C(OC)/C=C\C=C(/C)C(=O)NC(=CC1=O)C2=O. The van der Waals surface area contributed by atoms with Gasteiger partial charge in [0, 0.05) is 43.9 Å². The molecule has 0 saturated carbocycles. The number of nitrogens with two attached hydrogens (primary N) is 1. The van der Waals surface area contributed by atoms with Crippen molar-refractivity contribution in [2.45, 2.75) is 90.6 Å². The summed E-state index contributed by atoms with van der Waals surface area (Å²) in [4.78, 5) is 52.1. The normalized spacial score (nSPS) is 29.6. The highest BCUT2D eigenvalue weighted by Crippen LogP contribution is 2.29. The van der Waals surface area contributed by atoms with Crippen LogP contribution in [0.2, 0.25) is 0 Å². The maximum absolute atomic E-state index is 13.8. The molecule has 0 aromatic heterocycles. The molecule has 2 rings (SSSR count). The molecule has 2 amide bonds. The highest BCUT2D eigenvalue weighted by atomic mass is 16.6. The summed E-state index contributed by atoms with van der Waals surface area (Å²) in [5.41, 5.74) is 6.65. The minimum atomic E-state index is -0.995. The molecule has 6 atom stereocenters. The number of hydrogen-bond acceptors (Lipinski definition) is 10. The van der Waals surface area contributed by atoms with Gasteiger partial charge < -0.3 is 41.0 Å². The van der Waals surface area contributed by atoms with Crippen LogP contribution in [0, 0.1) is 11.8 Å². The van der Waals surface area contributed by atoms with E-state index >= 15 is 0 Å². The number of nitrogens with one attached hydrogen (secondary N) is 3. The second kappa shape index (κ2) is 19.9. The molecule has 1 aliphatic heterocycles. The number of hydrogen-bond donors (Lipinski definition) is 5. The van der Waals surface area contributed by atoms with Crippen LogP contribution in [0.4, 0.5) is 4.79 Å². The third-order valence-electron chi connectivity index (χ3n) is 8.45. The van der Waals surface area contributed by atoms with Gasteiger partial charge in [-0.05, 0) is 64.6 Å². The Morgan fingerprint density at radius 2 is 1.74 bits per heavy atom. The van der Waals surface area contributed by atoms with E-state index in [2.05, 4.69) is 16.0 Å². The quantitative estimate of drug-likeness (QED) is 0.126. The molecule has 262 valence electrons. The minimum Gasteiger partial charge on any atom is -0.439 e. The smallest absolute Gasteiger partial charge is 0.405 e. The number of ketones is 2. The van der Waals surface area contributed by atoms with E-state index in [1.54, 1.807) is 32.1 Å². The van der Waals surface area contributed by atoms with Gasteiger partial charge in [-0.3, -0.25) is 14.4 Å². The van der Waals surface area contributed by atoms with Crippen LogP contribution in [0.1, 0.15) is 66.2 Å². The van der Waals surface area contributed by atoms with Crippen molar-refractivity contribution in [1.82, 2.24) is 16.0 Å². The summed E-state index contributed by atoms with van der Waals surface area (Å²) in [6.07, 6.45) is 7.89. The molecule has 0 saturated heterocycles. The van der Waals surface area contributed by atoms with Crippen LogP contribution in [0.5, 0.6) is 0 Å². The molecule has 2 bridgehead atoms. The lowest BCUT2D eigenvalue weighted by molar-refractivity contribution is -0.120. The van der Waals surface area contributed by atoms with Crippen molar-refractivity contribution in [3.63, 3.8) is 0 Å². The molecule has 0 aromatic rings. The summed E-state index contributed by atoms with van der Waals surface area (Å²) < 4.78 is 16.7. The van der Waals surface area contributed by atoms with Crippen molar-refractivity contribution < 1.29 is 38.5 Å². The summed E-state index contributed by atoms with van der Waals surface area (Å²) in [5, 5.41) is 20.3. The van der Waals surface area contributed by atoms with Crippen LogP contribution in [0.15, 0.2) is 58.5 Å². The lowest BCUT2D eigenvalue weighted by atomic mass is 9.85. The second-order valence-corrected chi connectivity index (χ2v) is 12.4. The Hall–Kier alpha value is -3.58. The highest BCUT2D eigenvalue weighted by molar-refractivity contribution is 6.23. The summed E-state index contributed by atoms with van der Waals surface area (Å²) >= 11 is 0. The van der Waals surface area contributed by atoms with E-state index in [1.165, 1.54) is 26.4 Å². The summed E-state index contributed by atoms with van der Waals surface area (Å²) in [5.74, 6) is -2.00. The average Bonchev–Trinajstić information content (AvgIpc) is 3.02. The fourth-order valence-corrected chi connectivity index (χ4v) is 5.77. The number of aliphatic hydroxyl groups is 1. The van der Waals surface area contributed by atoms with Gasteiger partial charge >= 0.3 is 6.09 Å². The maximum atomic E-state index is 13.8. The average molecular weight is 659 g/mol. The van der Waals surface area contributed by atoms with Gasteiger partial charge in [0.25, 0.3) is 5.91 Å². The number of methoxy groups -OCH3 is 2. The Morgan fingerprint density at radius 3 is 2.36 bits per heavy atom. The van der Waals surface area contributed by atoms with Crippen LogP contribution in [0.25, 0.3) is 0 Å². The van der Waals surface area contributed by atoms with E-state index in [1.807, 2.05) is 20.9 Å². The van der Waals surface area contributed by atoms with Gasteiger partial charge in [0.2, 0.25) is 11.6 Å². The molecule has 0 aromatic carbocycles. The first-order valence-electron chi connectivity index (χ1n) is 16.3. The fraction of sp³-hybridized carbons (Fsp3) is 0.600. The number of allylic oxidation sites excluding steroid dienone is 4. The Labute approximate surface area is 278 Å². The van der Waals surface area contributed by atoms with E-state index in [-0.39, 0.29) is 40.7 Å². The molecule has 1 aliphatic carbocycles. The number of aliphatic hydroxyl groups excluding tert-OH is 1. The number of carbonyl (C=O) groups is 4. The molecular formula is C35H54N4O8. The zero-order valence-corrected chi connectivity index (χ0v) is 28.9. The number of fused-ring (bicyclic) bond motifs is 2. The van der Waals surface area contributed by atoms with Crippen molar-refractivity contribution in [3.05, 3.63) is 58.5 Å². The summed E-state index contributed by atoms with van der Waals surface area (Å²) in [7, 11) is 4.87. The van der Waals surface area contributed by atoms with E-state index < -0.39 is 48.1 Å². The molecule has 4 unspecified atom stereocenters. The molecule has 12 heteroatoms. The number of ether oxygens (including phenoxy) is 3. The van der Waals surface area contributed by atoms with Crippen molar-refractivity contribution >= 4 is 23.6 Å². The fourth-order valence-electron chi connectivity index (χ4n) is 5.77. The van der Waals surface area contributed by atoms with E-state index in [4.69, 9.17) is 19.9 Å². The van der Waals surface area contributed by atoms with Gasteiger partial charge in [0.1, 0.15) is 6.10 Å². The molecule has 0 fully saturated rings. The Balaban J connectivity index is 2.51. The molecule has 6 N–H and O–H groups in total. The topological polar surface area (TPSA) is 178 Å². The van der Waals surface area contributed by atoms with Crippen LogP contribution >= 0.6 is 0 Å². The minimum absolute atomic E-state index is 0.101. The van der Waals surface area contributed by atoms with Crippen LogP contribution < -0.4 is 21.7 Å². The van der Waals surface area contributed by atoms with Gasteiger partial charge in [-0.15, -0.1) is 0 Å². The molecule has 1 heterocycles. The monoisotopic (exact) mass is 658 g/mol. The Bertz CT molecular complexity index is 1270. The second-order valence-electron chi connectivity index (χ2n) is 12.4.